The Labute approximate surface area is 110 Å². The summed E-state index contributed by atoms with van der Waals surface area (Å²) in [7, 11) is 0. The van der Waals surface area contributed by atoms with Crippen LogP contribution < -0.4 is 0 Å². The molecule has 1 atom stereocenters. The molecule has 1 N–H and O–H groups in total. The predicted molar refractivity (Wildman–Crippen MR) is 67.3 cm³/mol. The average Bonchev–Trinajstić information content (AvgIpc) is 2.84. The molecule has 1 aromatic carbocycles. The smallest absolute Gasteiger partial charge is 0.303 e. The molecule has 1 saturated heterocycles. The largest absolute Gasteiger partial charge is 0.481 e. The van der Waals surface area contributed by atoms with Gasteiger partial charge >= 0.3 is 5.97 Å². The van der Waals surface area contributed by atoms with Crippen molar-refractivity contribution in [3.63, 3.8) is 0 Å². The third-order valence-corrected chi connectivity index (χ3v) is 3.41. The summed E-state index contributed by atoms with van der Waals surface area (Å²) in [6.07, 6.45) is 1.53. The van der Waals surface area contributed by atoms with E-state index in [0.717, 1.165) is 6.42 Å². The summed E-state index contributed by atoms with van der Waals surface area (Å²) in [6, 6.07) is 5.64. The molecule has 5 heteroatoms. The van der Waals surface area contributed by atoms with Crippen LogP contribution in [0.2, 0.25) is 0 Å². The van der Waals surface area contributed by atoms with E-state index in [1.807, 2.05) is 0 Å². The van der Waals surface area contributed by atoms with Gasteiger partial charge in [0, 0.05) is 25.1 Å². The maximum absolute atomic E-state index is 13.1. The van der Waals surface area contributed by atoms with Crippen LogP contribution in [0.1, 0.15) is 29.6 Å². The summed E-state index contributed by atoms with van der Waals surface area (Å²) in [5, 5.41) is 8.64. The van der Waals surface area contributed by atoms with Crippen LogP contribution >= 0.6 is 0 Å². The lowest BCUT2D eigenvalue weighted by atomic mass is 10.0. The van der Waals surface area contributed by atoms with Gasteiger partial charge in [0.15, 0.2) is 0 Å². The number of carboxylic acid groups (broad SMARTS) is 1. The highest BCUT2D eigenvalue weighted by Crippen LogP contribution is 2.22. The van der Waals surface area contributed by atoms with Gasteiger partial charge < -0.3 is 10.0 Å². The van der Waals surface area contributed by atoms with Gasteiger partial charge in [-0.15, -0.1) is 0 Å². The molecule has 4 nitrogen and oxygen atoms in total. The molecule has 2 rings (SSSR count). The molecular formula is C14H16FNO3. The SMILES string of the molecule is O=C(O)CCC1CCN(C(=O)c2cccc(F)c2)C1. The molecule has 102 valence electrons. The number of aliphatic carboxylic acids is 1. The summed E-state index contributed by atoms with van der Waals surface area (Å²) < 4.78 is 13.1. The molecular weight excluding hydrogens is 249 g/mol. The zero-order chi connectivity index (χ0) is 13.8. The van der Waals surface area contributed by atoms with E-state index in [-0.39, 0.29) is 18.2 Å². The third kappa shape index (κ3) is 3.53. The Kier molecular flexibility index (Phi) is 4.14. The fraction of sp³-hybridized carbons (Fsp3) is 0.429. The number of carboxylic acids is 1. The fourth-order valence-corrected chi connectivity index (χ4v) is 2.38. The first-order valence-electron chi connectivity index (χ1n) is 6.33. The Balaban J connectivity index is 1.93. The zero-order valence-corrected chi connectivity index (χ0v) is 10.5. The van der Waals surface area contributed by atoms with Crippen LogP contribution in [0.3, 0.4) is 0 Å². The summed E-state index contributed by atoms with van der Waals surface area (Å²) in [5.41, 5.74) is 0.346. The number of hydrogen-bond donors (Lipinski definition) is 1. The van der Waals surface area contributed by atoms with E-state index in [2.05, 4.69) is 0 Å². The van der Waals surface area contributed by atoms with Crippen LogP contribution in [0.15, 0.2) is 24.3 Å². The Morgan fingerprint density at radius 3 is 2.89 bits per heavy atom. The molecule has 1 aliphatic heterocycles. The number of carbonyl (C=O) groups is 2. The first kappa shape index (κ1) is 13.5. The average molecular weight is 265 g/mol. The summed E-state index contributed by atoms with van der Waals surface area (Å²) in [4.78, 5) is 24.3. The third-order valence-electron chi connectivity index (χ3n) is 3.41. The van der Waals surface area contributed by atoms with Crippen LogP contribution in [0.25, 0.3) is 0 Å². The number of nitrogens with zero attached hydrogens (tertiary/aromatic N) is 1. The van der Waals surface area contributed by atoms with Crippen molar-refractivity contribution in [2.75, 3.05) is 13.1 Å². The van der Waals surface area contributed by atoms with Gasteiger partial charge in [0.1, 0.15) is 5.82 Å². The predicted octanol–water partition coefficient (Wildman–Crippen LogP) is 2.15. The molecule has 0 aliphatic carbocycles. The normalized spacial score (nSPS) is 18.6. The lowest BCUT2D eigenvalue weighted by molar-refractivity contribution is -0.137. The molecule has 1 aliphatic rings. The van der Waals surface area contributed by atoms with E-state index < -0.39 is 11.8 Å². The second-order valence-electron chi connectivity index (χ2n) is 4.85. The minimum absolute atomic E-state index is 0.132. The lowest BCUT2D eigenvalue weighted by Crippen LogP contribution is -2.28. The second-order valence-corrected chi connectivity index (χ2v) is 4.85. The van der Waals surface area contributed by atoms with E-state index in [1.54, 1.807) is 11.0 Å². The van der Waals surface area contributed by atoms with Crippen LogP contribution in [-0.4, -0.2) is 35.0 Å². The first-order valence-corrected chi connectivity index (χ1v) is 6.33. The summed E-state index contributed by atoms with van der Waals surface area (Å²) >= 11 is 0. The zero-order valence-electron chi connectivity index (χ0n) is 10.5. The minimum Gasteiger partial charge on any atom is -0.481 e. The van der Waals surface area contributed by atoms with Crippen molar-refractivity contribution in [1.29, 1.82) is 0 Å². The molecule has 1 aromatic rings. The molecule has 0 spiro atoms. The van der Waals surface area contributed by atoms with Gasteiger partial charge in [0.2, 0.25) is 0 Å². The Morgan fingerprint density at radius 2 is 2.21 bits per heavy atom. The van der Waals surface area contributed by atoms with Gasteiger partial charge in [-0.1, -0.05) is 6.07 Å². The number of benzene rings is 1. The minimum atomic E-state index is -0.810. The van der Waals surface area contributed by atoms with E-state index in [1.165, 1.54) is 18.2 Å². The number of likely N-dealkylation sites (tertiary alicyclic amines) is 1. The van der Waals surface area contributed by atoms with E-state index in [4.69, 9.17) is 5.11 Å². The number of halogens is 1. The topological polar surface area (TPSA) is 57.6 Å². The van der Waals surface area contributed by atoms with Crippen molar-refractivity contribution >= 4 is 11.9 Å². The highest BCUT2D eigenvalue weighted by molar-refractivity contribution is 5.94. The Morgan fingerprint density at radius 1 is 1.42 bits per heavy atom. The van der Waals surface area contributed by atoms with Gasteiger partial charge in [-0.25, -0.2) is 4.39 Å². The maximum atomic E-state index is 13.1. The lowest BCUT2D eigenvalue weighted by Gasteiger charge is -2.16. The molecule has 0 radical (unpaired) electrons. The monoisotopic (exact) mass is 265 g/mol. The number of rotatable bonds is 4. The number of amides is 1. The van der Waals surface area contributed by atoms with Crippen LogP contribution in [0.5, 0.6) is 0 Å². The van der Waals surface area contributed by atoms with Gasteiger partial charge in [-0.3, -0.25) is 9.59 Å². The summed E-state index contributed by atoms with van der Waals surface area (Å²) in [6.45, 7) is 1.17. The molecule has 1 unspecified atom stereocenters. The van der Waals surface area contributed by atoms with Crippen LogP contribution in [-0.2, 0) is 4.79 Å². The van der Waals surface area contributed by atoms with Crippen molar-refractivity contribution in [3.8, 4) is 0 Å². The highest BCUT2D eigenvalue weighted by Gasteiger charge is 2.27. The van der Waals surface area contributed by atoms with Gasteiger partial charge in [0.25, 0.3) is 5.91 Å². The molecule has 1 fully saturated rings. The standard InChI is InChI=1S/C14H16FNO3/c15-12-3-1-2-11(8-12)14(19)16-7-6-10(9-16)4-5-13(17)18/h1-3,8,10H,4-7,9H2,(H,17,18). The highest BCUT2D eigenvalue weighted by atomic mass is 19.1. The van der Waals surface area contributed by atoms with Crippen molar-refractivity contribution in [2.45, 2.75) is 19.3 Å². The Bertz CT molecular complexity index is 489. The van der Waals surface area contributed by atoms with Crippen LogP contribution in [0.4, 0.5) is 4.39 Å². The molecule has 0 aromatic heterocycles. The first-order chi connectivity index (χ1) is 9.06. The number of carbonyl (C=O) groups excluding carboxylic acids is 1. The second kappa shape index (κ2) is 5.82. The van der Waals surface area contributed by atoms with Crippen molar-refractivity contribution in [1.82, 2.24) is 4.90 Å². The number of hydrogen-bond acceptors (Lipinski definition) is 2. The molecule has 0 bridgehead atoms. The quantitative estimate of drug-likeness (QED) is 0.907. The maximum Gasteiger partial charge on any atom is 0.303 e. The molecule has 0 saturated carbocycles. The van der Waals surface area contributed by atoms with Gasteiger partial charge in [-0.2, -0.15) is 0 Å². The van der Waals surface area contributed by atoms with Crippen LogP contribution in [0, 0.1) is 11.7 Å². The van der Waals surface area contributed by atoms with Crippen molar-refractivity contribution in [2.24, 2.45) is 5.92 Å². The molecule has 19 heavy (non-hydrogen) atoms. The fourth-order valence-electron chi connectivity index (χ4n) is 2.38. The molecule has 1 heterocycles. The van der Waals surface area contributed by atoms with Crippen molar-refractivity contribution in [3.05, 3.63) is 35.6 Å². The van der Waals surface area contributed by atoms with Gasteiger partial charge in [-0.05, 0) is 37.0 Å². The Hall–Kier alpha value is -1.91. The van der Waals surface area contributed by atoms with Gasteiger partial charge in [0.05, 0.1) is 0 Å². The van der Waals surface area contributed by atoms with E-state index in [0.29, 0.717) is 25.1 Å². The summed E-state index contributed by atoms with van der Waals surface area (Å²) in [5.74, 6) is -1.19. The van der Waals surface area contributed by atoms with E-state index in [9.17, 15) is 14.0 Å². The van der Waals surface area contributed by atoms with Crippen molar-refractivity contribution < 1.29 is 19.1 Å². The molecule has 1 amide bonds. The van der Waals surface area contributed by atoms with E-state index >= 15 is 0 Å².